The Morgan fingerprint density at radius 2 is 1.62 bits per heavy atom. The van der Waals surface area contributed by atoms with Gasteiger partial charge in [-0.1, -0.05) is 22.4 Å². The Bertz CT molecular complexity index is 1050. The highest BCUT2D eigenvalue weighted by atomic mass is 32.3. The smallest absolute Gasteiger partial charge is 0.206 e. The predicted octanol–water partition coefficient (Wildman–Crippen LogP) is 4.23. The van der Waals surface area contributed by atoms with E-state index in [1.54, 1.807) is 0 Å². The van der Waals surface area contributed by atoms with Crippen LogP contribution in [0.2, 0.25) is 0 Å². The van der Waals surface area contributed by atoms with Gasteiger partial charge in [-0.2, -0.15) is 26.3 Å². The first kappa shape index (κ1) is 24.9. The van der Waals surface area contributed by atoms with Gasteiger partial charge in [0.05, 0.1) is 15.4 Å². The summed E-state index contributed by atoms with van der Waals surface area (Å²) in [4.78, 5) is -2.08. The van der Waals surface area contributed by atoms with Crippen LogP contribution in [0.5, 0.6) is 0 Å². The van der Waals surface area contributed by atoms with Gasteiger partial charge in [0.2, 0.25) is 0 Å². The molecule has 0 spiro atoms. The number of hydrogen-bond donors (Lipinski definition) is 0. The molecule has 1 aromatic rings. The maximum atomic E-state index is 12.8. The van der Waals surface area contributed by atoms with Crippen molar-refractivity contribution in [2.24, 2.45) is 0 Å². The lowest BCUT2D eigenvalue weighted by atomic mass is 10.2. The second-order valence-corrected chi connectivity index (χ2v) is 9.71. The van der Waals surface area contributed by atoms with Gasteiger partial charge in [-0.3, -0.25) is 0 Å². The van der Waals surface area contributed by atoms with Gasteiger partial charge in [-0.05, 0) is 37.3 Å². The quantitative estimate of drug-likeness (QED) is 0.468. The Morgan fingerprint density at radius 3 is 2.07 bits per heavy atom. The van der Waals surface area contributed by atoms with E-state index in [-0.39, 0.29) is 15.9 Å². The largest absolute Gasteiger partial charge is 0.416 e. The summed E-state index contributed by atoms with van der Waals surface area (Å²) in [7, 11) is -9.65. The molecule has 0 fully saturated rings. The van der Waals surface area contributed by atoms with Crippen molar-refractivity contribution in [2.45, 2.75) is 24.2 Å². The van der Waals surface area contributed by atoms with Crippen LogP contribution in [0.4, 0.5) is 26.3 Å². The fraction of sp³-hybridized carbons (Fsp3) is 0.250. The molecule has 0 saturated heterocycles. The number of benzene rings is 1. The molecule has 0 bridgehead atoms. The van der Waals surface area contributed by atoms with E-state index >= 15 is 0 Å². The summed E-state index contributed by atoms with van der Waals surface area (Å²) < 4.78 is 127. The van der Waals surface area contributed by atoms with E-state index in [1.165, 1.54) is 0 Å². The van der Waals surface area contributed by atoms with Gasteiger partial charge in [0.25, 0.3) is 20.0 Å². The topological polar surface area (TPSA) is 71.5 Å². The molecular formula is C16H15F6NO4S2. The zero-order chi connectivity index (χ0) is 22.8. The van der Waals surface area contributed by atoms with Crippen LogP contribution < -0.4 is 0 Å². The Kier molecular flexibility index (Phi) is 7.15. The Morgan fingerprint density at radius 1 is 1.07 bits per heavy atom. The average molecular weight is 463 g/mol. The molecule has 0 N–H and O–H groups in total. The van der Waals surface area contributed by atoms with Crippen molar-refractivity contribution in [3.63, 3.8) is 0 Å². The highest BCUT2D eigenvalue weighted by Gasteiger charge is 2.38. The summed E-state index contributed by atoms with van der Waals surface area (Å²) in [5.41, 5.74) is -2.70. The van der Waals surface area contributed by atoms with E-state index < -0.39 is 53.3 Å². The van der Waals surface area contributed by atoms with Crippen molar-refractivity contribution in [1.82, 2.24) is 3.71 Å². The van der Waals surface area contributed by atoms with Gasteiger partial charge >= 0.3 is 12.4 Å². The van der Waals surface area contributed by atoms with Crippen molar-refractivity contribution >= 4 is 20.0 Å². The molecule has 0 heterocycles. The molecular weight excluding hydrogens is 448 g/mol. The number of alkyl halides is 6. The van der Waals surface area contributed by atoms with Crippen LogP contribution in [0.3, 0.4) is 0 Å². The number of allylic oxidation sites excluding steroid dienone is 4. The third kappa shape index (κ3) is 5.70. The monoisotopic (exact) mass is 463 g/mol. The summed E-state index contributed by atoms with van der Waals surface area (Å²) in [6.45, 7) is 3.72. The minimum atomic E-state index is -5.10. The number of hydrogen-bond acceptors (Lipinski definition) is 4. The molecule has 0 aliphatic rings. The minimum absolute atomic E-state index is 0.190. The predicted molar refractivity (Wildman–Crippen MR) is 93.4 cm³/mol. The van der Waals surface area contributed by atoms with Crippen molar-refractivity contribution < 1.29 is 43.2 Å². The second-order valence-electron chi connectivity index (χ2n) is 5.55. The minimum Gasteiger partial charge on any atom is -0.206 e. The zero-order valence-electron chi connectivity index (χ0n) is 14.9. The third-order valence-corrected chi connectivity index (χ3v) is 7.75. The van der Waals surface area contributed by atoms with Crippen molar-refractivity contribution in [3.8, 4) is 0 Å². The molecule has 0 saturated carbocycles. The first-order valence-corrected chi connectivity index (χ1v) is 10.3. The standard InChI is InChI=1S/C16H15F6NO4S2/c1-4-6-13(9-11(2)15(17,18)19)28(24,25)23(3)29(26,27)14-8-5-7-12(10-14)16(20,21)22/h4-10H,1H2,2-3H3/b11-9+,13-6+. The molecule has 0 atom stereocenters. The molecule has 1 aromatic carbocycles. The molecule has 0 aliphatic heterocycles. The second kappa shape index (κ2) is 8.32. The lowest BCUT2D eigenvalue weighted by Crippen LogP contribution is -2.34. The lowest BCUT2D eigenvalue weighted by molar-refractivity contribution is -0.137. The first-order chi connectivity index (χ1) is 13.0. The van der Waals surface area contributed by atoms with Crippen LogP contribution in [0.15, 0.2) is 64.4 Å². The van der Waals surface area contributed by atoms with Crippen LogP contribution >= 0.6 is 0 Å². The normalized spacial score (nSPS) is 14.9. The fourth-order valence-electron chi connectivity index (χ4n) is 1.88. The van der Waals surface area contributed by atoms with Crippen LogP contribution in [-0.4, -0.2) is 33.8 Å². The number of sulfonamides is 2. The molecule has 162 valence electrons. The van der Waals surface area contributed by atoms with Crippen molar-refractivity contribution in [2.75, 3.05) is 7.05 Å². The SMILES string of the molecule is C=C/C=C(\C=C(/C)C(F)(F)F)S(=O)(=O)N(C)S(=O)(=O)c1cccc(C(F)(F)F)c1. The van der Waals surface area contributed by atoms with Gasteiger partial charge < -0.3 is 0 Å². The highest BCUT2D eigenvalue weighted by molar-refractivity contribution is 8.06. The van der Waals surface area contributed by atoms with E-state index in [2.05, 4.69) is 6.58 Å². The van der Waals surface area contributed by atoms with Gasteiger partial charge in [0, 0.05) is 12.6 Å². The average Bonchev–Trinajstić information content (AvgIpc) is 2.59. The van der Waals surface area contributed by atoms with Gasteiger partial charge in [0.15, 0.2) is 0 Å². The van der Waals surface area contributed by atoms with E-state index in [0.717, 1.165) is 18.2 Å². The first-order valence-electron chi connectivity index (χ1n) is 7.45. The van der Waals surface area contributed by atoms with Crippen LogP contribution in [0.1, 0.15) is 12.5 Å². The molecule has 0 radical (unpaired) electrons. The van der Waals surface area contributed by atoms with E-state index in [1.807, 2.05) is 0 Å². The molecule has 5 nitrogen and oxygen atoms in total. The molecule has 13 heteroatoms. The molecule has 0 aliphatic carbocycles. The third-order valence-electron chi connectivity index (χ3n) is 3.52. The Labute approximate surface area is 163 Å². The highest BCUT2D eigenvalue weighted by Crippen LogP contribution is 2.32. The van der Waals surface area contributed by atoms with E-state index in [0.29, 0.717) is 26.1 Å². The molecule has 1 rings (SSSR count). The van der Waals surface area contributed by atoms with Crippen LogP contribution in [-0.2, 0) is 26.2 Å². The number of nitrogens with zero attached hydrogens (tertiary/aromatic N) is 1. The molecule has 0 unspecified atom stereocenters. The maximum Gasteiger partial charge on any atom is 0.416 e. The lowest BCUT2D eigenvalue weighted by Gasteiger charge is -2.19. The summed E-state index contributed by atoms with van der Waals surface area (Å²) in [6, 6.07) is 2.27. The van der Waals surface area contributed by atoms with Gasteiger partial charge in [-0.25, -0.2) is 16.8 Å². The van der Waals surface area contributed by atoms with E-state index in [9.17, 15) is 43.2 Å². The van der Waals surface area contributed by atoms with Crippen LogP contribution in [0, 0.1) is 0 Å². The molecule has 0 aromatic heterocycles. The maximum absolute atomic E-state index is 12.8. The zero-order valence-corrected chi connectivity index (χ0v) is 16.5. The van der Waals surface area contributed by atoms with E-state index in [4.69, 9.17) is 0 Å². The number of rotatable bonds is 6. The van der Waals surface area contributed by atoms with Crippen molar-refractivity contribution in [1.29, 1.82) is 0 Å². The summed E-state index contributed by atoms with van der Waals surface area (Å²) in [6.07, 6.45) is -8.16. The van der Waals surface area contributed by atoms with Gasteiger partial charge in [-0.15, -0.1) is 0 Å². The molecule has 29 heavy (non-hydrogen) atoms. The Balaban J connectivity index is 3.55. The summed E-state index contributed by atoms with van der Waals surface area (Å²) in [5.74, 6) is 0. The van der Waals surface area contributed by atoms with Gasteiger partial charge in [0.1, 0.15) is 0 Å². The fourth-order valence-corrected chi connectivity index (χ4v) is 5.14. The van der Waals surface area contributed by atoms with Crippen molar-refractivity contribution in [3.05, 3.63) is 65.1 Å². The summed E-state index contributed by atoms with van der Waals surface area (Å²) in [5, 5.41) is 0. The molecule has 0 amide bonds. The number of halogens is 6. The Hall–Kier alpha value is -2.12. The summed E-state index contributed by atoms with van der Waals surface area (Å²) >= 11 is 0. The van der Waals surface area contributed by atoms with Crippen LogP contribution in [0.25, 0.3) is 0 Å².